The monoisotopic (exact) mass is 359 g/mol. The molecule has 0 aliphatic rings. The van der Waals surface area contributed by atoms with E-state index in [-0.39, 0.29) is 11.8 Å². The Labute approximate surface area is 154 Å². The van der Waals surface area contributed by atoms with Crippen molar-refractivity contribution >= 4 is 22.5 Å². The van der Waals surface area contributed by atoms with Gasteiger partial charge >= 0.3 is 0 Å². The first-order valence-corrected chi connectivity index (χ1v) is 9.46. The fourth-order valence-corrected chi connectivity index (χ4v) is 2.93. The molecule has 26 heavy (non-hydrogen) atoms. The molecular weight excluding hydrogens is 330 g/mol. The number of nitrogens with zero attached hydrogens (tertiary/aromatic N) is 3. The standard InChI is InChI=1S/C20H29N3O3/c1-4-6-8-9-10-18(24)21-22-19-16-14-15(26-3)11-12-17(16)23(20(19)25)13-7-5-2/h11-12,14,25H,4-10,13H2,1-3H3. The van der Waals surface area contributed by atoms with Gasteiger partial charge in [0.1, 0.15) is 5.75 Å². The average Bonchev–Trinajstić information content (AvgIpc) is 2.92. The van der Waals surface area contributed by atoms with Crippen molar-refractivity contribution in [3.8, 4) is 11.6 Å². The summed E-state index contributed by atoms with van der Waals surface area (Å²) in [5.41, 5.74) is 1.19. The Morgan fingerprint density at radius 3 is 2.62 bits per heavy atom. The lowest BCUT2D eigenvalue weighted by Crippen LogP contribution is -1.96. The summed E-state index contributed by atoms with van der Waals surface area (Å²) in [4.78, 5) is 12.0. The Morgan fingerprint density at radius 1 is 1.15 bits per heavy atom. The first-order valence-electron chi connectivity index (χ1n) is 9.46. The van der Waals surface area contributed by atoms with E-state index in [9.17, 15) is 9.90 Å². The minimum Gasteiger partial charge on any atom is -0.497 e. The molecule has 0 bridgehead atoms. The lowest BCUT2D eigenvalue weighted by atomic mass is 10.1. The van der Waals surface area contributed by atoms with Gasteiger partial charge in [0.2, 0.25) is 5.88 Å². The van der Waals surface area contributed by atoms with Crippen molar-refractivity contribution in [3.63, 3.8) is 0 Å². The second-order valence-corrected chi connectivity index (χ2v) is 6.46. The van der Waals surface area contributed by atoms with Gasteiger partial charge in [0, 0.05) is 18.4 Å². The lowest BCUT2D eigenvalue weighted by Gasteiger charge is -2.05. The highest BCUT2D eigenvalue weighted by Crippen LogP contribution is 2.40. The number of amides is 1. The summed E-state index contributed by atoms with van der Waals surface area (Å²) >= 11 is 0. The maximum absolute atomic E-state index is 12.0. The molecule has 0 unspecified atom stereocenters. The van der Waals surface area contributed by atoms with Gasteiger partial charge in [-0.15, -0.1) is 10.2 Å². The Kier molecular flexibility index (Phi) is 7.63. The van der Waals surface area contributed by atoms with E-state index in [0.29, 0.717) is 24.4 Å². The Hall–Kier alpha value is -2.37. The molecule has 0 radical (unpaired) electrons. The van der Waals surface area contributed by atoms with Crippen LogP contribution in [0.25, 0.3) is 10.9 Å². The third kappa shape index (κ3) is 4.84. The minimum atomic E-state index is -0.252. The van der Waals surface area contributed by atoms with E-state index < -0.39 is 0 Å². The van der Waals surface area contributed by atoms with Crippen molar-refractivity contribution in [2.24, 2.45) is 10.2 Å². The van der Waals surface area contributed by atoms with E-state index in [1.165, 1.54) is 0 Å². The van der Waals surface area contributed by atoms with Crippen molar-refractivity contribution in [3.05, 3.63) is 18.2 Å². The smallest absolute Gasteiger partial charge is 0.264 e. The second kappa shape index (κ2) is 9.94. The third-order valence-electron chi connectivity index (χ3n) is 4.46. The molecule has 142 valence electrons. The first-order chi connectivity index (χ1) is 12.6. The lowest BCUT2D eigenvalue weighted by molar-refractivity contribution is -0.118. The van der Waals surface area contributed by atoms with Crippen LogP contribution >= 0.6 is 0 Å². The topological polar surface area (TPSA) is 76.2 Å². The predicted molar refractivity (Wildman–Crippen MR) is 103 cm³/mol. The van der Waals surface area contributed by atoms with Crippen molar-refractivity contribution in [2.75, 3.05) is 7.11 Å². The fourth-order valence-electron chi connectivity index (χ4n) is 2.93. The van der Waals surface area contributed by atoms with E-state index in [1.54, 1.807) is 7.11 Å². The van der Waals surface area contributed by atoms with Gasteiger partial charge in [-0.2, -0.15) is 0 Å². The van der Waals surface area contributed by atoms with E-state index in [1.807, 2.05) is 22.8 Å². The van der Waals surface area contributed by atoms with Crippen LogP contribution < -0.4 is 4.74 Å². The molecule has 0 spiro atoms. The molecule has 1 heterocycles. The van der Waals surface area contributed by atoms with Crippen LogP contribution in [0.2, 0.25) is 0 Å². The number of unbranched alkanes of at least 4 members (excludes halogenated alkanes) is 4. The number of carbonyl (C=O) groups excluding carboxylic acids is 1. The normalized spacial score (nSPS) is 11.5. The highest BCUT2D eigenvalue weighted by atomic mass is 16.5. The van der Waals surface area contributed by atoms with Crippen molar-refractivity contribution < 1.29 is 14.6 Å². The van der Waals surface area contributed by atoms with Gasteiger partial charge in [-0.25, -0.2) is 0 Å². The van der Waals surface area contributed by atoms with Crippen LogP contribution in [0.5, 0.6) is 11.6 Å². The van der Waals surface area contributed by atoms with Crippen molar-refractivity contribution in [1.82, 2.24) is 4.57 Å². The Bertz CT molecular complexity index is 765. The second-order valence-electron chi connectivity index (χ2n) is 6.46. The van der Waals surface area contributed by atoms with Crippen molar-refractivity contribution in [1.29, 1.82) is 0 Å². The van der Waals surface area contributed by atoms with Crippen molar-refractivity contribution in [2.45, 2.75) is 65.3 Å². The number of ether oxygens (including phenoxy) is 1. The summed E-state index contributed by atoms with van der Waals surface area (Å²) in [6, 6.07) is 5.57. The summed E-state index contributed by atoms with van der Waals surface area (Å²) in [5.74, 6) is 0.467. The number of aromatic nitrogens is 1. The molecule has 0 atom stereocenters. The van der Waals surface area contributed by atoms with Crippen LogP contribution in [0.15, 0.2) is 28.4 Å². The zero-order chi connectivity index (χ0) is 18.9. The highest BCUT2D eigenvalue weighted by Gasteiger charge is 2.17. The van der Waals surface area contributed by atoms with Crippen LogP contribution in [0.3, 0.4) is 0 Å². The molecule has 1 aromatic heterocycles. The zero-order valence-corrected chi connectivity index (χ0v) is 16.0. The number of carbonyl (C=O) groups is 1. The van der Waals surface area contributed by atoms with E-state index in [2.05, 4.69) is 24.1 Å². The number of aryl methyl sites for hydroxylation is 1. The number of methoxy groups -OCH3 is 1. The van der Waals surface area contributed by atoms with E-state index in [0.717, 1.165) is 49.4 Å². The quantitative estimate of drug-likeness (QED) is 0.434. The third-order valence-corrected chi connectivity index (χ3v) is 4.46. The molecule has 1 aromatic carbocycles. The summed E-state index contributed by atoms with van der Waals surface area (Å²) < 4.78 is 7.10. The predicted octanol–water partition coefficient (Wildman–Crippen LogP) is 5.74. The maximum Gasteiger partial charge on any atom is 0.264 e. The maximum atomic E-state index is 12.0. The first kappa shape index (κ1) is 19.9. The Balaban J connectivity index is 2.28. The molecule has 0 saturated carbocycles. The average molecular weight is 359 g/mol. The molecule has 1 amide bonds. The largest absolute Gasteiger partial charge is 0.497 e. The summed E-state index contributed by atoms with van der Waals surface area (Å²) in [6.07, 6.45) is 6.44. The number of aromatic hydroxyl groups is 1. The summed E-state index contributed by atoms with van der Waals surface area (Å²) in [6.45, 7) is 4.92. The number of hydrogen-bond donors (Lipinski definition) is 1. The molecule has 6 nitrogen and oxygen atoms in total. The van der Waals surface area contributed by atoms with Crippen LogP contribution in [0, 0.1) is 0 Å². The number of azo groups is 1. The fraction of sp³-hybridized carbons (Fsp3) is 0.550. The van der Waals surface area contributed by atoms with E-state index >= 15 is 0 Å². The van der Waals surface area contributed by atoms with Gasteiger partial charge < -0.3 is 14.4 Å². The summed E-state index contributed by atoms with van der Waals surface area (Å²) in [7, 11) is 1.59. The molecule has 1 N–H and O–H groups in total. The van der Waals surface area contributed by atoms with Gasteiger partial charge in [0.15, 0.2) is 5.69 Å². The minimum absolute atomic E-state index is 0.0456. The van der Waals surface area contributed by atoms with Gasteiger partial charge in [0.05, 0.1) is 12.6 Å². The summed E-state index contributed by atoms with van der Waals surface area (Å²) in [5, 5.41) is 19.3. The number of fused-ring (bicyclic) bond motifs is 1. The molecule has 2 aromatic rings. The van der Waals surface area contributed by atoms with Crippen LogP contribution in [0.4, 0.5) is 5.69 Å². The zero-order valence-electron chi connectivity index (χ0n) is 16.0. The van der Waals surface area contributed by atoms with E-state index in [4.69, 9.17) is 4.74 Å². The highest BCUT2D eigenvalue weighted by molar-refractivity contribution is 5.96. The number of hydrogen-bond acceptors (Lipinski definition) is 4. The molecule has 0 aliphatic heterocycles. The van der Waals surface area contributed by atoms with Crippen LogP contribution in [0.1, 0.15) is 58.8 Å². The van der Waals surface area contributed by atoms with Gasteiger partial charge in [-0.3, -0.25) is 4.79 Å². The van der Waals surface area contributed by atoms with Crippen LogP contribution in [-0.4, -0.2) is 22.7 Å². The molecule has 2 rings (SSSR count). The molecule has 0 fully saturated rings. The number of benzene rings is 1. The molecular formula is C20H29N3O3. The molecule has 6 heteroatoms. The van der Waals surface area contributed by atoms with Crippen LogP contribution in [-0.2, 0) is 11.3 Å². The molecule has 0 aliphatic carbocycles. The SMILES string of the molecule is CCCCCCC(=O)N=Nc1c(O)n(CCCC)c2ccc(OC)cc12. The van der Waals surface area contributed by atoms with Gasteiger partial charge in [-0.1, -0.05) is 39.5 Å². The molecule has 0 saturated heterocycles. The number of rotatable bonds is 10. The van der Waals surface area contributed by atoms with Gasteiger partial charge in [-0.05, 0) is 31.0 Å². The van der Waals surface area contributed by atoms with Gasteiger partial charge in [0.25, 0.3) is 5.91 Å². The Morgan fingerprint density at radius 2 is 1.92 bits per heavy atom.